The van der Waals surface area contributed by atoms with E-state index in [0.29, 0.717) is 40.7 Å². The average molecular weight is 666 g/mol. The lowest BCUT2D eigenvalue weighted by Gasteiger charge is -2.28. The van der Waals surface area contributed by atoms with Gasteiger partial charge in [-0.15, -0.1) is 0 Å². The third-order valence-corrected chi connectivity index (χ3v) is 6.39. The van der Waals surface area contributed by atoms with Crippen molar-refractivity contribution in [3.05, 3.63) is 56.3 Å². The van der Waals surface area contributed by atoms with Crippen LogP contribution in [0.2, 0.25) is 0 Å². The summed E-state index contributed by atoms with van der Waals surface area (Å²) in [6.45, 7) is 5.57. The summed E-state index contributed by atoms with van der Waals surface area (Å²) in [5, 5.41) is 9.31. The number of carbonyl (C=O) groups is 3. The lowest BCUT2D eigenvalue weighted by Crippen LogP contribution is -2.45. The van der Waals surface area contributed by atoms with Crippen LogP contribution in [0.5, 0.6) is 23.0 Å². The number of methoxy groups -OCH3 is 2. The Morgan fingerprint density at radius 2 is 1.80 bits per heavy atom. The zero-order valence-electron chi connectivity index (χ0n) is 22.8. The summed E-state index contributed by atoms with van der Waals surface area (Å²) < 4.78 is 28.1. The first kappa shape index (κ1) is 30.5. The normalized spacial score (nSPS) is 14.8. The molecule has 0 saturated carbocycles. The Labute approximate surface area is 245 Å². The van der Waals surface area contributed by atoms with Gasteiger partial charge < -0.3 is 34.3 Å². The number of hydrazone groups is 1. The van der Waals surface area contributed by atoms with Gasteiger partial charge in [-0.3, -0.25) is 4.79 Å². The van der Waals surface area contributed by atoms with Crippen LogP contribution in [0.3, 0.4) is 0 Å². The minimum absolute atomic E-state index is 0.187. The molecule has 2 aromatic rings. The van der Waals surface area contributed by atoms with Crippen LogP contribution < -0.4 is 35.0 Å². The molecule has 1 heterocycles. The number of allylic oxidation sites excluding steroid dienone is 1. The Bertz CT molecular complexity index is 1330. The number of amides is 3. The minimum atomic E-state index is -0.766. The van der Waals surface area contributed by atoms with E-state index in [0.717, 1.165) is 3.57 Å². The van der Waals surface area contributed by atoms with E-state index in [1.54, 1.807) is 45.2 Å². The molecule has 1 aliphatic heterocycles. The van der Waals surface area contributed by atoms with Crippen LogP contribution in [-0.2, 0) is 14.3 Å². The second kappa shape index (κ2) is 14.4. The second-order valence-electron chi connectivity index (χ2n) is 8.25. The van der Waals surface area contributed by atoms with Gasteiger partial charge in [-0.2, -0.15) is 5.10 Å². The van der Waals surface area contributed by atoms with E-state index in [4.69, 9.17) is 23.7 Å². The smallest absolute Gasteiger partial charge is 0.338 e. The van der Waals surface area contributed by atoms with Crippen molar-refractivity contribution in [2.75, 3.05) is 34.0 Å². The SMILES string of the molecule is CCOC(=O)C1=C(C)NC(=O)N[C@H]1c1ccc(OCC(=O)N/N=C/c2cc(I)c(OCC)c(OC)c2)c(OC)c1. The van der Waals surface area contributed by atoms with Gasteiger partial charge in [0.25, 0.3) is 5.91 Å². The fourth-order valence-electron chi connectivity index (χ4n) is 3.86. The third-order valence-electron chi connectivity index (χ3n) is 5.59. The van der Waals surface area contributed by atoms with Crippen molar-refractivity contribution in [3.8, 4) is 23.0 Å². The largest absolute Gasteiger partial charge is 0.493 e. The number of carbonyl (C=O) groups excluding carboxylic acids is 3. The van der Waals surface area contributed by atoms with Gasteiger partial charge >= 0.3 is 12.0 Å². The van der Waals surface area contributed by atoms with E-state index >= 15 is 0 Å². The summed E-state index contributed by atoms with van der Waals surface area (Å²) in [5.74, 6) is 0.750. The summed E-state index contributed by atoms with van der Waals surface area (Å²) in [6, 6.07) is 7.25. The molecule has 0 aromatic heterocycles. The molecule has 3 rings (SSSR count). The van der Waals surface area contributed by atoms with Gasteiger partial charge in [0.2, 0.25) is 0 Å². The van der Waals surface area contributed by atoms with Crippen LogP contribution in [0.15, 0.2) is 46.7 Å². The van der Waals surface area contributed by atoms with Gasteiger partial charge in [0.05, 0.1) is 48.8 Å². The molecule has 214 valence electrons. The lowest BCUT2D eigenvalue weighted by atomic mass is 9.95. The number of hydrogen-bond acceptors (Lipinski definition) is 9. The predicted molar refractivity (Wildman–Crippen MR) is 155 cm³/mol. The van der Waals surface area contributed by atoms with E-state index in [1.165, 1.54) is 13.3 Å². The number of ether oxygens (including phenoxy) is 5. The third kappa shape index (κ3) is 7.55. The van der Waals surface area contributed by atoms with Crippen molar-refractivity contribution in [1.29, 1.82) is 0 Å². The first-order chi connectivity index (χ1) is 19.2. The number of nitrogens with one attached hydrogen (secondary N) is 3. The molecule has 0 fully saturated rings. The number of esters is 1. The molecule has 3 N–H and O–H groups in total. The van der Waals surface area contributed by atoms with E-state index in [1.807, 2.05) is 13.0 Å². The zero-order chi connectivity index (χ0) is 29.2. The van der Waals surface area contributed by atoms with Crippen molar-refractivity contribution in [1.82, 2.24) is 16.1 Å². The van der Waals surface area contributed by atoms with E-state index in [2.05, 4.69) is 43.8 Å². The van der Waals surface area contributed by atoms with Crippen molar-refractivity contribution >= 4 is 46.7 Å². The van der Waals surface area contributed by atoms with Crippen LogP contribution in [0.25, 0.3) is 0 Å². The Kier molecular flexibility index (Phi) is 11.0. The van der Waals surface area contributed by atoms with Gasteiger partial charge in [0.1, 0.15) is 0 Å². The van der Waals surface area contributed by atoms with Gasteiger partial charge in [-0.1, -0.05) is 6.07 Å². The molecule has 3 amide bonds. The number of urea groups is 1. The molecule has 13 heteroatoms. The molecule has 1 aliphatic rings. The molecule has 0 aliphatic carbocycles. The molecule has 40 heavy (non-hydrogen) atoms. The molecular formula is C27H31IN4O8. The number of hydrogen-bond donors (Lipinski definition) is 3. The highest BCUT2D eigenvalue weighted by molar-refractivity contribution is 14.1. The number of benzene rings is 2. The highest BCUT2D eigenvalue weighted by Crippen LogP contribution is 2.35. The number of rotatable bonds is 12. The quantitative estimate of drug-likeness (QED) is 0.135. The zero-order valence-corrected chi connectivity index (χ0v) is 24.9. The maximum atomic E-state index is 12.6. The van der Waals surface area contributed by atoms with Gasteiger partial charge in [-0.25, -0.2) is 15.0 Å². The van der Waals surface area contributed by atoms with Crippen LogP contribution in [0.4, 0.5) is 4.79 Å². The molecule has 0 saturated heterocycles. The molecule has 12 nitrogen and oxygen atoms in total. The van der Waals surface area contributed by atoms with E-state index in [-0.39, 0.29) is 24.5 Å². The number of nitrogens with zero attached hydrogens (tertiary/aromatic N) is 1. The molecule has 2 aromatic carbocycles. The highest BCUT2D eigenvalue weighted by atomic mass is 127. The van der Waals surface area contributed by atoms with Crippen molar-refractivity contribution in [2.45, 2.75) is 26.8 Å². The van der Waals surface area contributed by atoms with Crippen LogP contribution in [-0.4, -0.2) is 58.2 Å². The summed E-state index contributed by atoms with van der Waals surface area (Å²) >= 11 is 2.14. The summed E-state index contributed by atoms with van der Waals surface area (Å²) in [6.07, 6.45) is 1.48. The van der Waals surface area contributed by atoms with Crippen LogP contribution >= 0.6 is 22.6 Å². The topological polar surface area (TPSA) is 146 Å². The van der Waals surface area contributed by atoms with Gasteiger partial charge in [0.15, 0.2) is 29.6 Å². The van der Waals surface area contributed by atoms with Crippen molar-refractivity contribution in [2.24, 2.45) is 5.10 Å². The maximum absolute atomic E-state index is 12.6. The van der Waals surface area contributed by atoms with E-state index < -0.39 is 23.9 Å². The Balaban J connectivity index is 1.68. The lowest BCUT2D eigenvalue weighted by molar-refractivity contribution is -0.139. The number of halogens is 1. The van der Waals surface area contributed by atoms with Crippen LogP contribution in [0.1, 0.15) is 37.9 Å². The first-order valence-electron chi connectivity index (χ1n) is 12.3. The minimum Gasteiger partial charge on any atom is -0.493 e. The van der Waals surface area contributed by atoms with Gasteiger partial charge in [-0.05, 0) is 78.8 Å². The van der Waals surface area contributed by atoms with Gasteiger partial charge in [0, 0.05) is 5.70 Å². The molecule has 0 bridgehead atoms. The fraction of sp³-hybridized carbons (Fsp3) is 0.333. The Hall–Kier alpha value is -4.01. The molecule has 0 unspecified atom stereocenters. The Morgan fingerprint density at radius 3 is 2.48 bits per heavy atom. The monoisotopic (exact) mass is 666 g/mol. The van der Waals surface area contributed by atoms with Crippen molar-refractivity contribution in [3.63, 3.8) is 0 Å². The predicted octanol–water partition coefficient (Wildman–Crippen LogP) is 3.43. The standard InChI is InChI=1S/C27H31IN4O8/c1-6-38-25-18(28)10-16(11-21(25)37-5)13-29-32-22(33)14-40-19-9-8-17(12-20(19)36-4)24-23(26(34)39-7-2)15(3)30-27(35)31-24/h8-13,24H,6-7,14H2,1-5H3,(H,32,33)(H2,30,31,35)/b29-13+/t24-/m0/s1. The highest BCUT2D eigenvalue weighted by Gasteiger charge is 2.32. The molecule has 0 radical (unpaired) electrons. The second-order valence-corrected chi connectivity index (χ2v) is 9.41. The maximum Gasteiger partial charge on any atom is 0.338 e. The first-order valence-corrected chi connectivity index (χ1v) is 13.4. The summed E-state index contributed by atoms with van der Waals surface area (Å²) in [7, 11) is 2.99. The summed E-state index contributed by atoms with van der Waals surface area (Å²) in [5.41, 5.74) is 4.35. The van der Waals surface area contributed by atoms with Crippen molar-refractivity contribution < 1.29 is 38.1 Å². The summed E-state index contributed by atoms with van der Waals surface area (Å²) in [4.78, 5) is 37.0. The molecule has 1 atom stereocenters. The fourth-order valence-corrected chi connectivity index (χ4v) is 4.64. The van der Waals surface area contributed by atoms with E-state index in [9.17, 15) is 14.4 Å². The Morgan fingerprint density at radius 1 is 1.05 bits per heavy atom. The van der Waals surface area contributed by atoms with Crippen LogP contribution in [0, 0.1) is 3.57 Å². The molecule has 0 spiro atoms. The average Bonchev–Trinajstić information content (AvgIpc) is 2.92. The molecular weight excluding hydrogens is 635 g/mol.